The molecule has 3 heterocycles. The minimum absolute atomic E-state index is 0. The quantitative estimate of drug-likeness (QED) is 0.535. The number of piperidine rings is 1. The Morgan fingerprint density at radius 3 is 2.45 bits per heavy atom. The van der Waals surface area contributed by atoms with Gasteiger partial charge in [0.25, 0.3) is 5.89 Å². The number of hydrogen-bond donors (Lipinski definition) is 0. The van der Waals surface area contributed by atoms with Gasteiger partial charge in [-0.3, -0.25) is 4.90 Å². The number of hydrogen-bond acceptors (Lipinski definition) is 5. The Kier molecular flexibility index (Phi) is 6.25. The smallest absolute Gasteiger partial charge is 0.437 e. The molecule has 2 aromatic carbocycles. The van der Waals surface area contributed by atoms with Gasteiger partial charge in [0.2, 0.25) is 0 Å². The number of fused-ring (bicyclic) bond motifs is 2. The Morgan fingerprint density at radius 2 is 1.73 bits per heavy atom. The number of aromatic nitrogens is 2. The fraction of sp³-hybridized carbons (Fsp3) is 0.440. The standard InChI is InChI=1S/C25H26ClN3O3.ClH/c26-19-12-18-6-3-11-31-23(18)22(15-19)24-27-29(25(30)32-24)20-7-9-28(10-8-20)21-13-16-4-1-2-5-17(16)14-21;/h1-2,4-5,12,15,20-21H,3,6-11,13-14H2;1H. The highest BCUT2D eigenvalue weighted by molar-refractivity contribution is 6.31. The zero-order valence-electron chi connectivity index (χ0n) is 18.3. The molecule has 2 aliphatic heterocycles. The van der Waals surface area contributed by atoms with E-state index in [0.29, 0.717) is 29.1 Å². The van der Waals surface area contributed by atoms with Gasteiger partial charge < -0.3 is 9.15 Å². The summed E-state index contributed by atoms with van der Waals surface area (Å²) in [5, 5.41) is 5.19. The normalized spacial score (nSPS) is 18.9. The van der Waals surface area contributed by atoms with Crippen LogP contribution in [0.25, 0.3) is 11.5 Å². The molecule has 3 aromatic rings. The first-order chi connectivity index (χ1) is 15.7. The molecule has 0 saturated carbocycles. The van der Waals surface area contributed by atoms with Gasteiger partial charge in [-0.1, -0.05) is 35.9 Å². The van der Waals surface area contributed by atoms with Crippen LogP contribution in [0.5, 0.6) is 5.75 Å². The molecule has 1 saturated heterocycles. The molecule has 0 atom stereocenters. The molecule has 1 aromatic heterocycles. The Bertz CT molecular complexity index is 1190. The van der Waals surface area contributed by atoms with Crippen molar-refractivity contribution in [2.24, 2.45) is 0 Å². The molecule has 3 aliphatic rings. The first-order valence-electron chi connectivity index (χ1n) is 11.5. The van der Waals surface area contributed by atoms with E-state index in [-0.39, 0.29) is 18.4 Å². The SMILES string of the molecule is Cl.O=c1oc(-c2cc(Cl)cc3c2OCCC3)nn1C1CCN(C2Cc3ccccc3C2)CC1. The lowest BCUT2D eigenvalue weighted by Gasteiger charge is -2.35. The summed E-state index contributed by atoms with van der Waals surface area (Å²) in [4.78, 5) is 15.3. The highest BCUT2D eigenvalue weighted by atomic mass is 35.5. The maximum Gasteiger partial charge on any atom is 0.437 e. The molecule has 1 aliphatic carbocycles. The van der Waals surface area contributed by atoms with Crippen molar-refractivity contribution in [3.63, 3.8) is 0 Å². The fourth-order valence-corrected chi connectivity index (χ4v) is 5.76. The Hall–Kier alpha value is -2.28. The average Bonchev–Trinajstić information content (AvgIpc) is 3.42. The van der Waals surface area contributed by atoms with Gasteiger partial charge in [-0.05, 0) is 67.3 Å². The van der Waals surface area contributed by atoms with Crippen molar-refractivity contribution in [1.82, 2.24) is 14.7 Å². The minimum atomic E-state index is -0.406. The second kappa shape index (κ2) is 9.16. The van der Waals surface area contributed by atoms with Crippen LogP contribution in [0.3, 0.4) is 0 Å². The van der Waals surface area contributed by atoms with Crippen LogP contribution in [0.4, 0.5) is 0 Å². The van der Waals surface area contributed by atoms with E-state index in [1.807, 2.05) is 6.07 Å². The predicted octanol–water partition coefficient (Wildman–Crippen LogP) is 4.71. The second-order valence-corrected chi connectivity index (χ2v) is 9.55. The molecule has 8 heteroatoms. The zero-order chi connectivity index (χ0) is 21.7. The Morgan fingerprint density at radius 1 is 1.00 bits per heavy atom. The topological polar surface area (TPSA) is 60.5 Å². The third-order valence-corrected chi connectivity index (χ3v) is 7.38. The summed E-state index contributed by atoms with van der Waals surface area (Å²) in [7, 11) is 0. The van der Waals surface area contributed by atoms with Crippen LogP contribution >= 0.6 is 24.0 Å². The van der Waals surface area contributed by atoms with Crippen molar-refractivity contribution in [3.8, 4) is 17.2 Å². The maximum atomic E-state index is 12.7. The highest BCUT2D eigenvalue weighted by Gasteiger charge is 2.32. The third kappa shape index (κ3) is 4.20. The summed E-state index contributed by atoms with van der Waals surface area (Å²) in [6, 6.07) is 13.1. The van der Waals surface area contributed by atoms with Crippen LogP contribution < -0.4 is 10.5 Å². The maximum absolute atomic E-state index is 12.7. The van der Waals surface area contributed by atoms with Crippen LogP contribution in [0, 0.1) is 0 Å². The summed E-state index contributed by atoms with van der Waals surface area (Å²) in [6.45, 7) is 2.58. The third-order valence-electron chi connectivity index (χ3n) is 7.16. The zero-order valence-corrected chi connectivity index (χ0v) is 19.9. The number of halogens is 2. The summed E-state index contributed by atoms with van der Waals surface area (Å²) >= 11 is 6.32. The van der Waals surface area contributed by atoms with E-state index in [4.69, 9.17) is 20.8 Å². The lowest BCUT2D eigenvalue weighted by atomic mass is 10.0. The Balaban J connectivity index is 0.00000228. The number of rotatable bonds is 3. The lowest BCUT2D eigenvalue weighted by Crippen LogP contribution is -2.43. The van der Waals surface area contributed by atoms with E-state index in [1.165, 1.54) is 15.8 Å². The molecule has 0 N–H and O–H groups in total. The highest BCUT2D eigenvalue weighted by Crippen LogP contribution is 2.38. The molecule has 0 radical (unpaired) electrons. The van der Waals surface area contributed by atoms with Gasteiger partial charge in [0.05, 0.1) is 18.2 Å². The van der Waals surface area contributed by atoms with E-state index in [0.717, 1.165) is 62.9 Å². The molecule has 0 unspecified atom stereocenters. The summed E-state index contributed by atoms with van der Waals surface area (Å²) in [5.74, 6) is 0.630. The number of likely N-dealkylation sites (tertiary alicyclic amines) is 1. The van der Waals surface area contributed by atoms with Crippen molar-refractivity contribution in [1.29, 1.82) is 0 Å². The minimum Gasteiger partial charge on any atom is -0.492 e. The number of benzene rings is 2. The second-order valence-electron chi connectivity index (χ2n) is 9.11. The van der Waals surface area contributed by atoms with Crippen LogP contribution in [-0.4, -0.2) is 40.4 Å². The van der Waals surface area contributed by atoms with E-state index in [1.54, 1.807) is 6.07 Å². The average molecular weight is 488 g/mol. The molecular formula is C25H27Cl2N3O3. The molecule has 0 spiro atoms. The van der Waals surface area contributed by atoms with E-state index < -0.39 is 5.76 Å². The van der Waals surface area contributed by atoms with Gasteiger partial charge in [-0.25, -0.2) is 4.79 Å². The van der Waals surface area contributed by atoms with Crippen molar-refractivity contribution in [2.75, 3.05) is 19.7 Å². The summed E-state index contributed by atoms with van der Waals surface area (Å²) < 4.78 is 13.0. The van der Waals surface area contributed by atoms with Crippen LogP contribution in [0.15, 0.2) is 45.6 Å². The first kappa shape index (κ1) is 22.5. The molecule has 174 valence electrons. The number of aryl methyl sites for hydroxylation is 1. The molecule has 0 bridgehead atoms. The molecule has 1 fully saturated rings. The molecule has 0 amide bonds. The van der Waals surface area contributed by atoms with E-state index >= 15 is 0 Å². The lowest BCUT2D eigenvalue weighted by molar-refractivity contribution is 0.131. The van der Waals surface area contributed by atoms with Gasteiger partial charge in [0, 0.05) is 24.2 Å². The first-order valence-corrected chi connectivity index (χ1v) is 11.9. The van der Waals surface area contributed by atoms with Gasteiger partial charge in [-0.2, -0.15) is 4.68 Å². The van der Waals surface area contributed by atoms with Crippen molar-refractivity contribution >= 4 is 24.0 Å². The van der Waals surface area contributed by atoms with Crippen molar-refractivity contribution in [2.45, 2.75) is 50.6 Å². The number of nitrogens with zero attached hydrogens (tertiary/aromatic N) is 3. The van der Waals surface area contributed by atoms with Crippen LogP contribution in [0.2, 0.25) is 5.02 Å². The molecule has 6 nitrogen and oxygen atoms in total. The number of ether oxygens (including phenoxy) is 1. The fourth-order valence-electron chi connectivity index (χ4n) is 5.52. The monoisotopic (exact) mass is 487 g/mol. The van der Waals surface area contributed by atoms with Gasteiger partial charge in [0.15, 0.2) is 0 Å². The van der Waals surface area contributed by atoms with Gasteiger partial charge in [-0.15, -0.1) is 17.5 Å². The summed E-state index contributed by atoms with van der Waals surface area (Å²) in [5.41, 5.74) is 4.67. The molecule has 6 rings (SSSR count). The molecular weight excluding hydrogens is 461 g/mol. The van der Waals surface area contributed by atoms with E-state index in [2.05, 4.69) is 34.3 Å². The Labute approximate surface area is 203 Å². The predicted molar refractivity (Wildman–Crippen MR) is 130 cm³/mol. The van der Waals surface area contributed by atoms with Gasteiger partial charge in [0.1, 0.15) is 5.75 Å². The van der Waals surface area contributed by atoms with Crippen molar-refractivity contribution in [3.05, 3.63) is 68.7 Å². The molecule has 33 heavy (non-hydrogen) atoms. The van der Waals surface area contributed by atoms with Crippen LogP contribution in [-0.2, 0) is 19.3 Å². The van der Waals surface area contributed by atoms with Crippen LogP contribution in [0.1, 0.15) is 42.0 Å². The largest absolute Gasteiger partial charge is 0.492 e. The van der Waals surface area contributed by atoms with Crippen molar-refractivity contribution < 1.29 is 9.15 Å². The van der Waals surface area contributed by atoms with E-state index in [9.17, 15) is 4.79 Å². The van der Waals surface area contributed by atoms with Gasteiger partial charge >= 0.3 is 5.76 Å². The summed E-state index contributed by atoms with van der Waals surface area (Å²) in [6.07, 6.45) is 5.88.